The summed E-state index contributed by atoms with van der Waals surface area (Å²) in [6.45, 7) is 3.34. The normalized spacial score (nSPS) is 11.3. The first-order chi connectivity index (χ1) is 9.43. The molecule has 0 radical (unpaired) electrons. The molecule has 4 nitrogen and oxygen atoms in total. The number of ether oxygens (including phenoxy) is 1. The molecule has 20 heavy (non-hydrogen) atoms. The standard InChI is InChI=1S/C15H17NO3S/c1-15(2,14(17)18)12-9-20-13(16-12)8-10-4-6-11(19-3)7-5-10/h4-7,9H,8H2,1-3H3,(H,17,18). The first-order valence-electron chi connectivity index (χ1n) is 6.24. The third-order valence-electron chi connectivity index (χ3n) is 3.24. The highest BCUT2D eigenvalue weighted by atomic mass is 32.1. The van der Waals surface area contributed by atoms with E-state index >= 15 is 0 Å². The van der Waals surface area contributed by atoms with Crippen molar-refractivity contribution in [2.24, 2.45) is 0 Å². The van der Waals surface area contributed by atoms with Crippen molar-refractivity contribution < 1.29 is 14.6 Å². The summed E-state index contributed by atoms with van der Waals surface area (Å²) in [5, 5.41) is 11.9. The highest BCUT2D eigenvalue weighted by Crippen LogP contribution is 2.26. The van der Waals surface area contributed by atoms with Crippen LogP contribution in [0.4, 0.5) is 0 Å². The van der Waals surface area contributed by atoms with Crippen LogP contribution in [0.15, 0.2) is 29.6 Å². The Morgan fingerprint density at radius 3 is 2.55 bits per heavy atom. The Morgan fingerprint density at radius 2 is 2.00 bits per heavy atom. The number of hydrogen-bond donors (Lipinski definition) is 1. The van der Waals surface area contributed by atoms with E-state index in [9.17, 15) is 9.90 Å². The number of aromatic nitrogens is 1. The van der Waals surface area contributed by atoms with Crippen LogP contribution in [0.5, 0.6) is 5.75 Å². The van der Waals surface area contributed by atoms with Crippen molar-refractivity contribution in [2.45, 2.75) is 25.7 Å². The Labute approximate surface area is 122 Å². The van der Waals surface area contributed by atoms with E-state index < -0.39 is 11.4 Å². The number of methoxy groups -OCH3 is 1. The van der Waals surface area contributed by atoms with Crippen molar-refractivity contribution in [3.05, 3.63) is 45.9 Å². The number of benzene rings is 1. The molecule has 1 N–H and O–H groups in total. The summed E-state index contributed by atoms with van der Waals surface area (Å²) in [6.07, 6.45) is 0.699. The number of thiazole rings is 1. The summed E-state index contributed by atoms with van der Waals surface area (Å²) >= 11 is 1.49. The van der Waals surface area contributed by atoms with Crippen LogP contribution < -0.4 is 4.74 Å². The fraction of sp³-hybridized carbons (Fsp3) is 0.333. The van der Waals surface area contributed by atoms with Crippen molar-refractivity contribution in [3.8, 4) is 5.75 Å². The average molecular weight is 291 g/mol. The highest BCUT2D eigenvalue weighted by Gasteiger charge is 2.32. The van der Waals surface area contributed by atoms with Crippen LogP contribution in [0.2, 0.25) is 0 Å². The molecule has 0 aliphatic heterocycles. The van der Waals surface area contributed by atoms with E-state index in [4.69, 9.17) is 4.74 Å². The zero-order valence-electron chi connectivity index (χ0n) is 11.7. The highest BCUT2D eigenvalue weighted by molar-refractivity contribution is 7.09. The van der Waals surface area contributed by atoms with Gasteiger partial charge in [0, 0.05) is 11.8 Å². The molecule has 0 atom stereocenters. The Hall–Kier alpha value is -1.88. The number of rotatable bonds is 5. The summed E-state index contributed by atoms with van der Waals surface area (Å²) in [4.78, 5) is 15.7. The zero-order valence-corrected chi connectivity index (χ0v) is 12.5. The van der Waals surface area contributed by atoms with E-state index in [0.717, 1.165) is 16.3 Å². The third-order valence-corrected chi connectivity index (χ3v) is 4.09. The Kier molecular flexibility index (Phi) is 4.09. The molecule has 2 aromatic rings. The predicted molar refractivity (Wildman–Crippen MR) is 78.6 cm³/mol. The molecule has 0 saturated heterocycles. The fourth-order valence-corrected chi connectivity index (χ4v) is 2.70. The van der Waals surface area contributed by atoms with Gasteiger partial charge < -0.3 is 9.84 Å². The average Bonchev–Trinajstić information content (AvgIpc) is 2.88. The quantitative estimate of drug-likeness (QED) is 0.919. The van der Waals surface area contributed by atoms with Gasteiger partial charge in [0.2, 0.25) is 0 Å². The largest absolute Gasteiger partial charge is 0.497 e. The maximum atomic E-state index is 11.2. The maximum absolute atomic E-state index is 11.2. The van der Waals surface area contributed by atoms with E-state index in [-0.39, 0.29) is 0 Å². The molecule has 5 heteroatoms. The van der Waals surface area contributed by atoms with E-state index in [2.05, 4.69) is 4.98 Å². The molecule has 2 rings (SSSR count). The van der Waals surface area contributed by atoms with Gasteiger partial charge >= 0.3 is 5.97 Å². The molecule has 0 bridgehead atoms. The Balaban J connectivity index is 2.15. The number of hydrogen-bond acceptors (Lipinski definition) is 4. The molecule has 0 aliphatic carbocycles. The van der Waals surface area contributed by atoms with E-state index in [1.165, 1.54) is 11.3 Å². The van der Waals surface area contributed by atoms with Gasteiger partial charge in [-0.1, -0.05) is 12.1 Å². The van der Waals surface area contributed by atoms with Crippen molar-refractivity contribution in [1.82, 2.24) is 4.98 Å². The van der Waals surface area contributed by atoms with Crippen LogP contribution in [0, 0.1) is 0 Å². The number of carboxylic acid groups (broad SMARTS) is 1. The summed E-state index contributed by atoms with van der Waals surface area (Å²) in [6, 6.07) is 7.79. The van der Waals surface area contributed by atoms with Crippen molar-refractivity contribution >= 4 is 17.3 Å². The molecule has 1 aromatic heterocycles. The lowest BCUT2D eigenvalue weighted by molar-refractivity contribution is -0.142. The lowest BCUT2D eigenvalue weighted by Gasteiger charge is -2.15. The van der Waals surface area contributed by atoms with Crippen LogP contribution >= 0.6 is 11.3 Å². The van der Waals surface area contributed by atoms with Gasteiger partial charge in [0.05, 0.1) is 17.8 Å². The van der Waals surface area contributed by atoms with E-state index in [1.807, 2.05) is 29.6 Å². The summed E-state index contributed by atoms with van der Waals surface area (Å²) in [7, 11) is 1.64. The molecule has 0 spiro atoms. The molecular weight excluding hydrogens is 274 g/mol. The van der Waals surface area contributed by atoms with Crippen LogP contribution in [-0.4, -0.2) is 23.2 Å². The van der Waals surface area contributed by atoms with Crippen molar-refractivity contribution in [3.63, 3.8) is 0 Å². The zero-order chi connectivity index (χ0) is 14.8. The minimum absolute atomic E-state index is 0.610. The minimum atomic E-state index is -0.950. The second-order valence-electron chi connectivity index (χ2n) is 5.08. The Morgan fingerprint density at radius 1 is 1.35 bits per heavy atom. The molecule has 0 fully saturated rings. The van der Waals surface area contributed by atoms with Crippen LogP contribution in [-0.2, 0) is 16.6 Å². The van der Waals surface area contributed by atoms with Gasteiger partial charge in [-0.25, -0.2) is 4.98 Å². The van der Waals surface area contributed by atoms with E-state index in [1.54, 1.807) is 21.0 Å². The van der Waals surface area contributed by atoms with Gasteiger partial charge in [0.15, 0.2) is 0 Å². The Bertz CT molecular complexity index is 602. The van der Waals surface area contributed by atoms with E-state index in [0.29, 0.717) is 12.1 Å². The van der Waals surface area contributed by atoms with Gasteiger partial charge in [-0.3, -0.25) is 4.79 Å². The molecule has 1 aromatic carbocycles. The van der Waals surface area contributed by atoms with Crippen molar-refractivity contribution in [1.29, 1.82) is 0 Å². The number of carbonyl (C=O) groups is 1. The minimum Gasteiger partial charge on any atom is -0.497 e. The van der Waals surface area contributed by atoms with Crippen LogP contribution in [0.3, 0.4) is 0 Å². The third kappa shape index (κ3) is 2.99. The smallest absolute Gasteiger partial charge is 0.315 e. The van der Waals surface area contributed by atoms with Crippen LogP contribution in [0.1, 0.15) is 30.1 Å². The number of carboxylic acids is 1. The molecule has 0 saturated carbocycles. The van der Waals surface area contributed by atoms with Gasteiger partial charge in [0.1, 0.15) is 11.2 Å². The molecule has 0 unspecified atom stereocenters. The fourth-order valence-electron chi connectivity index (χ4n) is 1.71. The van der Waals surface area contributed by atoms with Crippen molar-refractivity contribution in [2.75, 3.05) is 7.11 Å². The molecular formula is C15H17NO3S. The lowest BCUT2D eigenvalue weighted by Crippen LogP contribution is -2.28. The first-order valence-corrected chi connectivity index (χ1v) is 7.12. The number of aliphatic carboxylic acids is 1. The van der Waals surface area contributed by atoms with Gasteiger partial charge in [-0.2, -0.15) is 0 Å². The molecule has 0 aliphatic rings. The maximum Gasteiger partial charge on any atom is 0.315 e. The summed E-state index contributed by atoms with van der Waals surface area (Å²) in [5.74, 6) is -0.0422. The molecule has 106 valence electrons. The molecule has 1 heterocycles. The summed E-state index contributed by atoms with van der Waals surface area (Å²) < 4.78 is 5.12. The number of nitrogens with zero attached hydrogens (tertiary/aromatic N) is 1. The van der Waals surface area contributed by atoms with Gasteiger partial charge in [-0.05, 0) is 31.5 Å². The second-order valence-corrected chi connectivity index (χ2v) is 6.02. The predicted octanol–water partition coefficient (Wildman–Crippen LogP) is 3.10. The van der Waals surface area contributed by atoms with Gasteiger partial charge in [0.25, 0.3) is 0 Å². The monoisotopic (exact) mass is 291 g/mol. The SMILES string of the molecule is COc1ccc(Cc2nc(C(C)(C)C(=O)O)cs2)cc1. The molecule has 0 amide bonds. The second kappa shape index (κ2) is 5.63. The van der Waals surface area contributed by atoms with Crippen LogP contribution in [0.25, 0.3) is 0 Å². The summed E-state index contributed by atoms with van der Waals surface area (Å²) in [5.41, 5.74) is 0.785. The van der Waals surface area contributed by atoms with Gasteiger partial charge in [-0.15, -0.1) is 11.3 Å². The topological polar surface area (TPSA) is 59.4 Å². The first kappa shape index (κ1) is 14.5. The lowest BCUT2D eigenvalue weighted by atomic mass is 9.90.